The van der Waals surface area contributed by atoms with Crippen LogP contribution in [0.1, 0.15) is 19.3 Å². The fraction of sp³-hybridized carbons (Fsp3) is 0.818. The molecule has 1 aliphatic rings. The maximum Gasteiger partial charge on any atom is 0.305 e. The van der Waals surface area contributed by atoms with Gasteiger partial charge in [0.05, 0.1) is 25.7 Å². The van der Waals surface area contributed by atoms with Crippen molar-refractivity contribution < 1.29 is 24.2 Å². The van der Waals surface area contributed by atoms with Gasteiger partial charge in [0.1, 0.15) is 6.10 Å². The number of carbonyl (C=O) groups excluding carboxylic acids is 1. The predicted molar refractivity (Wildman–Crippen MR) is 63.0 cm³/mol. The number of hydrogen-bond acceptors (Lipinski definition) is 5. The number of carboxylic acids is 1. The molecule has 104 valence electrons. The molecule has 1 rings (SSSR count). The van der Waals surface area contributed by atoms with Gasteiger partial charge < -0.3 is 25.6 Å². The molecule has 1 aliphatic heterocycles. The smallest absolute Gasteiger partial charge is 0.305 e. The third-order valence-corrected chi connectivity index (χ3v) is 2.67. The summed E-state index contributed by atoms with van der Waals surface area (Å²) < 4.78 is 10.5. The number of aliphatic carboxylic acids is 1. The first-order chi connectivity index (χ1) is 8.63. The average molecular weight is 260 g/mol. The maximum absolute atomic E-state index is 11.6. The van der Waals surface area contributed by atoms with Crippen LogP contribution >= 0.6 is 0 Å². The molecular weight excluding hydrogens is 240 g/mol. The van der Waals surface area contributed by atoms with Crippen LogP contribution in [0.15, 0.2) is 0 Å². The molecule has 1 amide bonds. The van der Waals surface area contributed by atoms with Crippen molar-refractivity contribution in [2.24, 2.45) is 5.73 Å². The van der Waals surface area contributed by atoms with E-state index >= 15 is 0 Å². The Morgan fingerprint density at radius 2 is 2.17 bits per heavy atom. The Hall–Kier alpha value is -1.18. The predicted octanol–water partition coefficient (Wildman–Crippen LogP) is -0.900. The van der Waals surface area contributed by atoms with E-state index in [1.54, 1.807) is 0 Å². The van der Waals surface area contributed by atoms with E-state index in [2.05, 4.69) is 5.32 Å². The molecule has 1 saturated heterocycles. The van der Waals surface area contributed by atoms with Crippen LogP contribution in [0.2, 0.25) is 0 Å². The number of amides is 1. The summed E-state index contributed by atoms with van der Waals surface area (Å²) in [4.78, 5) is 21.8. The Morgan fingerprint density at radius 3 is 2.78 bits per heavy atom. The minimum Gasteiger partial charge on any atom is -0.481 e. The Kier molecular flexibility index (Phi) is 6.63. The number of carbonyl (C=O) groups is 2. The van der Waals surface area contributed by atoms with E-state index in [1.165, 1.54) is 0 Å². The summed E-state index contributed by atoms with van der Waals surface area (Å²) in [5.41, 5.74) is 5.45. The molecule has 0 spiro atoms. The molecule has 0 radical (unpaired) electrons. The van der Waals surface area contributed by atoms with Crippen molar-refractivity contribution in [1.29, 1.82) is 0 Å². The third kappa shape index (κ3) is 5.44. The quantitative estimate of drug-likeness (QED) is 0.488. The lowest BCUT2D eigenvalue weighted by molar-refractivity contribution is -0.138. The molecule has 7 nitrogen and oxygen atoms in total. The van der Waals surface area contributed by atoms with Gasteiger partial charge in [-0.1, -0.05) is 0 Å². The zero-order chi connectivity index (χ0) is 13.4. The molecule has 1 fully saturated rings. The molecule has 0 aliphatic carbocycles. The summed E-state index contributed by atoms with van der Waals surface area (Å²) >= 11 is 0. The van der Waals surface area contributed by atoms with Gasteiger partial charge in [-0.25, -0.2) is 0 Å². The van der Waals surface area contributed by atoms with Crippen LogP contribution in [0.25, 0.3) is 0 Å². The summed E-state index contributed by atoms with van der Waals surface area (Å²) in [6.07, 6.45) is 1.03. The van der Waals surface area contributed by atoms with Gasteiger partial charge in [-0.2, -0.15) is 0 Å². The summed E-state index contributed by atoms with van der Waals surface area (Å²) in [6, 6.07) is 0. The number of nitrogens with one attached hydrogen (secondary N) is 1. The molecule has 0 aromatic rings. The molecule has 2 atom stereocenters. The van der Waals surface area contributed by atoms with Crippen LogP contribution in [-0.2, 0) is 19.1 Å². The minimum absolute atomic E-state index is 0.0208. The molecule has 0 aromatic carbocycles. The average Bonchev–Trinajstić information content (AvgIpc) is 2.81. The van der Waals surface area contributed by atoms with Gasteiger partial charge in [-0.3, -0.25) is 9.59 Å². The zero-order valence-corrected chi connectivity index (χ0v) is 10.3. The van der Waals surface area contributed by atoms with Crippen LogP contribution in [0.5, 0.6) is 0 Å². The second-order valence-electron chi connectivity index (χ2n) is 4.11. The van der Waals surface area contributed by atoms with Crippen molar-refractivity contribution >= 4 is 11.9 Å². The highest BCUT2D eigenvalue weighted by atomic mass is 16.5. The molecule has 0 saturated carbocycles. The van der Waals surface area contributed by atoms with Crippen molar-refractivity contribution in [3.05, 3.63) is 0 Å². The van der Waals surface area contributed by atoms with Gasteiger partial charge in [0.25, 0.3) is 0 Å². The largest absolute Gasteiger partial charge is 0.481 e. The molecule has 1 heterocycles. The lowest BCUT2D eigenvalue weighted by Crippen LogP contribution is -2.37. The fourth-order valence-corrected chi connectivity index (χ4v) is 1.69. The summed E-state index contributed by atoms with van der Waals surface area (Å²) in [5.74, 6) is -1.06. The maximum atomic E-state index is 11.6. The molecule has 4 N–H and O–H groups in total. The van der Waals surface area contributed by atoms with E-state index in [-0.39, 0.29) is 25.0 Å². The minimum atomic E-state index is -0.897. The van der Waals surface area contributed by atoms with E-state index in [9.17, 15) is 9.59 Å². The van der Waals surface area contributed by atoms with Crippen molar-refractivity contribution in [2.75, 3.05) is 26.3 Å². The molecule has 0 bridgehead atoms. The number of ether oxygens (including phenoxy) is 2. The molecule has 18 heavy (non-hydrogen) atoms. The normalized spacial score (nSPS) is 22.9. The van der Waals surface area contributed by atoms with Gasteiger partial charge >= 0.3 is 5.97 Å². The number of nitrogens with two attached hydrogens (primary N) is 1. The first kappa shape index (κ1) is 14.9. The van der Waals surface area contributed by atoms with Crippen molar-refractivity contribution in [2.45, 2.75) is 31.5 Å². The van der Waals surface area contributed by atoms with Crippen LogP contribution in [-0.4, -0.2) is 55.5 Å². The highest BCUT2D eigenvalue weighted by Crippen LogP contribution is 2.18. The lowest BCUT2D eigenvalue weighted by atomic mass is 10.2. The Balaban J connectivity index is 2.02. The van der Waals surface area contributed by atoms with E-state index in [0.717, 1.165) is 6.42 Å². The SMILES string of the molecule is NCC1CCC(C(=O)NCCOCCC(=O)O)O1. The third-order valence-electron chi connectivity index (χ3n) is 2.67. The second kappa shape index (κ2) is 8.02. The number of hydrogen-bond donors (Lipinski definition) is 3. The summed E-state index contributed by atoms with van der Waals surface area (Å²) in [7, 11) is 0. The molecule has 0 aromatic heterocycles. The Bertz CT molecular complexity index is 285. The Labute approximate surface area is 106 Å². The molecular formula is C11H20N2O5. The van der Waals surface area contributed by atoms with E-state index in [1.807, 2.05) is 0 Å². The number of rotatable bonds is 8. The lowest BCUT2D eigenvalue weighted by Gasteiger charge is -2.12. The van der Waals surface area contributed by atoms with Crippen LogP contribution in [0.3, 0.4) is 0 Å². The molecule has 7 heteroatoms. The zero-order valence-electron chi connectivity index (χ0n) is 10.3. The summed E-state index contributed by atoms with van der Waals surface area (Å²) in [5, 5.41) is 11.1. The fourth-order valence-electron chi connectivity index (χ4n) is 1.69. The monoisotopic (exact) mass is 260 g/mol. The summed E-state index contributed by atoms with van der Waals surface area (Å²) in [6.45, 7) is 1.24. The van der Waals surface area contributed by atoms with Crippen LogP contribution in [0, 0.1) is 0 Å². The highest BCUT2D eigenvalue weighted by molar-refractivity contribution is 5.80. The highest BCUT2D eigenvalue weighted by Gasteiger charge is 2.29. The van der Waals surface area contributed by atoms with Gasteiger partial charge in [-0.05, 0) is 12.8 Å². The van der Waals surface area contributed by atoms with Gasteiger partial charge in [0.15, 0.2) is 0 Å². The topological polar surface area (TPSA) is 111 Å². The van der Waals surface area contributed by atoms with Gasteiger partial charge in [0, 0.05) is 13.1 Å². The van der Waals surface area contributed by atoms with Crippen LogP contribution in [0.4, 0.5) is 0 Å². The van der Waals surface area contributed by atoms with Crippen molar-refractivity contribution in [1.82, 2.24) is 5.32 Å². The van der Waals surface area contributed by atoms with Crippen molar-refractivity contribution in [3.63, 3.8) is 0 Å². The molecule has 2 unspecified atom stereocenters. The standard InChI is InChI=1S/C11H20N2O5/c12-7-8-1-2-9(18-8)11(16)13-4-6-17-5-3-10(14)15/h8-9H,1-7,12H2,(H,13,16)(H,14,15). The van der Waals surface area contributed by atoms with E-state index < -0.39 is 12.1 Å². The Morgan fingerprint density at radius 1 is 1.39 bits per heavy atom. The van der Waals surface area contributed by atoms with Gasteiger partial charge in [-0.15, -0.1) is 0 Å². The van der Waals surface area contributed by atoms with Crippen LogP contribution < -0.4 is 11.1 Å². The van der Waals surface area contributed by atoms with E-state index in [4.69, 9.17) is 20.3 Å². The number of carboxylic acid groups (broad SMARTS) is 1. The van der Waals surface area contributed by atoms with Crippen molar-refractivity contribution in [3.8, 4) is 0 Å². The second-order valence-corrected chi connectivity index (χ2v) is 4.11. The first-order valence-corrected chi connectivity index (χ1v) is 6.06. The first-order valence-electron chi connectivity index (χ1n) is 6.06. The van der Waals surface area contributed by atoms with E-state index in [0.29, 0.717) is 26.1 Å². The van der Waals surface area contributed by atoms with Gasteiger partial charge in [0.2, 0.25) is 5.91 Å².